The van der Waals surface area contributed by atoms with Crippen LogP contribution in [-0.4, -0.2) is 73.4 Å². The van der Waals surface area contributed by atoms with Crippen molar-refractivity contribution in [1.82, 2.24) is 10.2 Å². The van der Waals surface area contributed by atoms with Gasteiger partial charge in [0.1, 0.15) is 11.6 Å². The molecule has 240 valence electrons. The molecule has 0 unspecified atom stereocenters. The fourth-order valence-corrected chi connectivity index (χ4v) is 8.23. The van der Waals surface area contributed by atoms with E-state index in [1.165, 1.54) is 0 Å². The molecule has 45 heavy (non-hydrogen) atoms. The van der Waals surface area contributed by atoms with Crippen molar-refractivity contribution in [2.75, 3.05) is 32.3 Å². The molecule has 3 aliphatic heterocycles. The summed E-state index contributed by atoms with van der Waals surface area (Å²) in [6.45, 7) is 4.70. The number of benzene rings is 2. The van der Waals surface area contributed by atoms with Crippen LogP contribution >= 0.6 is 11.8 Å². The predicted molar refractivity (Wildman–Crippen MR) is 173 cm³/mol. The van der Waals surface area contributed by atoms with Gasteiger partial charge in [-0.05, 0) is 66.8 Å². The summed E-state index contributed by atoms with van der Waals surface area (Å²) in [5, 5.41) is 6.35. The lowest BCUT2D eigenvalue weighted by molar-refractivity contribution is -0.141. The van der Waals surface area contributed by atoms with Crippen LogP contribution in [0.4, 0.5) is 5.69 Å². The van der Waals surface area contributed by atoms with Gasteiger partial charge < -0.3 is 29.7 Å². The Labute approximate surface area is 269 Å². The summed E-state index contributed by atoms with van der Waals surface area (Å²) in [6, 6.07) is 12.4. The van der Waals surface area contributed by atoms with E-state index in [1.54, 1.807) is 30.9 Å². The zero-order chi connectivity index (χ0) is 31.9. The molecule has 0 aromatic heterocycles. The number of fused-ring (bicyclic) bond motifs is 1. The maximum atomic E-state index is 14.4. The van der Waals surface area contributed by atoms with Crippen LogP contribution in [0.3, 0.4) is 0 Å². The lowest BCUT2D eigenvalue weighted by atomic mass is 9.73. The summed E-state index contributed by atoms with van der Waals surface area (Å²) < 4.78 is 17.4. The van der Waals surface area contributed by atoms with Gasteiger partial charge >= 0.3 is 0 Å². The van der Waals surface area contributed by atoms with Gasteiger partial charge in [-0.3, -0.25) is 14.4 Å². The summed E-state index contributed by atoms with van der Waals surface area (Å²) in [5.41, 5.74) is 0.390. The molecule has 8 atom stereocenters. The Morgan fingerprint density at radius 1 is 1.07 bits per heavy atom. The van der Waals surface area contributed by atoms with Crippen molar-refractivity contribution < 1.29 is 28.6 Å². The standard InChI is InChI=1S/C35H43N3O6S/c1-20-8-6-11-25(21(20)2)37-33(40)31-35-16-14-27(44-35)29(32(39)36-23-9-7-10-24(19-23)45-5)30(35)34(41)38(31)17-15-22-12-13-26(42-3)28(18-22)43-4/h7,9-10,12-14,16,18-21,25,27,29-31H,6,8,11,15,17H2,1-5H3,(H,36,39)(H,37,40)/t20-,21-,25-,27+,29-,30+,31+,35+/m1/s1. The maximum absolute atomic E-state index is 14.4. The number of methoxy groups -OCH3 is 2. The number of nitrogens with one attached hydrogen (secondary N) is 2. The molecule has 1 aliphatic carbocycles. The van der Waals surface area contributed by atoms with Crippen LogP contribution in [0.15, 0.2) is 59.5 Å². The second kappa shape index (κ2) is 12.7. The average molecular weight is 634 g/mol. The van der Waals surface area contributed by atoms with Crippen LogP contribution < -0.4 is 20.1 Å². The van der Waals surface area contributed by atoms with E-state index in [9.17, 15) is 14.4 Å². The summed E-state index contributed by atoms with van der Waals surface area (Å²) >= 11 is 1.59. The summed E-state index contributed by atoms with van der Waals surface area (Å²) in [6.07, 6.45) is 8.70. The zero-order valence-corrected chi connectivity index (χ0v) is 27.4. The summed E-state index contributed by atoms with van der Waals surface area (Å²) in [7, 11) is 3.17. The van der Waals surface area contributed by atoms with E-state index in [1.807, 2.05) is 60.9 Å². The molecular weight excluding hydrogens is 590 g/mol. The van der Waals surface area contributed by atoms with E-state index in [-0.39, 0.29) is 30.3 Å². The van der Waals surface area contributed by atoms with Gasteiger partial charge in [0, 0.05) is 23.2 Å². The number of carbonyl (C=O) groups is 3. The van der Waals surface area contributed by atoms with E-state index in [0.29, 0.717) is 35.4 Å². The fraction of sp³-hybridized carbons (Fsp3) is 0.514. The predicted octanol–water partition coefficient (Wildman–Crippen LogP) is 4.70. The first kappa shape index (κ1) is 31.5. The highest BCUT2D eigenvalue weighted by atomic mass is 32.2. The molecule has 6 rings (SSSR count). The normalized spacial score (nSPS) is 31.5. The fourth-order valence-electron chi connectivity index (χ4n) is 7.77. The van der Waals surface area contributed by atoms with Crippen molar-refractivity contribution in [2.24, 2.45) is 23.7 Å². The van der Waals surface area contributed by atoms with Crippen molar-refractivity contribution in [2.45, 2.75) is 68.2 Å². The number of amides is 3. The highest BCUT2D eigenvalue weighted by Gasteiger charge is 2.72. The number of anilines is 1. The topological polar surface area (TPSA) is 106 Å². The first-order valence-corrected chi connectivity index (χ1v) is 17.1. The number of hydrogen-bond acceptors (Lipinski definition) is 7. The Balaban J connectivity index is 1.30. The number of hydrogen-bond donors (Lipinski definition) is 2. The van der Waals surface area contributed by atoms with Gasteiger partial charge in [-0.15, -0.1) is 11.8 Å². The third kappa shape index (κ3) is 5.60. The first-order chi connectivity index (χ1) is 21.7. The van der Waals surface area contributed by atoms with Gasteiger partial charge in [0.15, 0.2) is 11.5 Å². The maximum Gasteiger partial charge on any atom is 0.246 e. The summed E-state index contributed by atoms with van der Waals surface area (Å²) in [5.74, 6) is -0.256. The molecule has 2 saturated heterocycles. The molecule has 3 fully saturated rings. The van der Waals surface area contributed by atoms with Crippen LogP contribution in [0, 0.1) is 23.7 Å². The van der Waals surface area contributed by atoms with Crippen molar-refractivity contribution in [3.8, 4) is 11.5 Å². The number of thioether (sulfide) groups is 1. The van der Waals surface area contributed by atoms with Gasteiger partial charge in [-0.2, -0.15) is 0 Å². The van der Waals surface area contributed by atoms with Gasteiger partial charge in [-0.25, -0.2) is 0 Å². The van der Waals surface area contributed by atoms with Crippen molar-refractivity contribution >= 4 is 35.2 Å². The van der Waals surface area contributed by atoms with Crippen LogP contribution in [0.25, 0.3) is 0 Å². The highest BCUT2D eigenvalue weighted by Crippen LogP contribution is 2.55. The average Bonchev–Trinajstić information content (AvgIpc) is 3.69. The molecule has 9 nitrogen and oxygen atoms in total. The van der Waals surface area contributed by atoms with E-state index < -0.39 is 29.6 Å². The molecule has 1 spiro atoms. The third-order valence-electron chi connectivity index (χ3n) is 10.4. The lowest BCUT2D eigenvalue weighted by Crippen LogP contribution is -2.58. The molecule has 0 radical (unpaired) electrons. The molecular formula is C35H43N3O6S. The van der Waals surface area contributed by atoms with Crippen LogP contribution in [0.2, 0.25) is 0 Å². The van der Waals surface area contributed by atoms with Crippen molar-refractivity contribution in [3.63, 3.8) is 0 Å². The molecule has 2 aromatic carbocycles. The Morgan fingerprint density at radius 3 is 2.62 bits per heavy atom. The largest absolute Gasteiger partial charge is 0.493 e. The number of nitrogens with zero attached hydrogens (tertiary/aromatic N) is 1. The Hall–Kier alpha value is -3.50. The molecule has 2 bridgehead atoms. The quantitative estimate of drug-likeness (QED) is 0.289. The second-order valence-electron chi connectivity index (χ2n) is 12.8. The molecule has 4 aliphatic rings. The number of likely N-dealkylation sites (tertiary alicyclic amines) is 1. The van der Waals surface area contributed by atoms with Gasteiger partial charge in [0.25, 0.3) is 0 Å². The smallest absolute Gasteiger partial charge is 0.246 e. The molecule has 3 amide bonds. The minimum Gasteiger partial charge on any atom is -0.493 e. The SMILES string of the molecule is COc1ccc(CCN2C(=O)[C@@H]3[C@H](C(=O)Nc4cccc(SC)c4)[C@@H]4C=C[C@@]3(O4)[C@@H]2C(=O)N[C@@H]2CCC[C@@H](C)[C@H]2C)cc1OC. The molecule has 1 saturated carbocycles. The van der Waals surface area contributed by atoms with E-state index in [2.05, 4.69) is 24.5 Å². The van der Waals surface area contributed by atoms with Gasteiger partial charge in [0.05, 0.1) is 32.2 Å². The van der Waals surface area contributed by atoms with E-state index in [4.69, 9.17) is 14.2 Å². The first-order valence-electron chi connectivity index (χ1n) is 15.8. The molecule has 10 heteroatoms. The van der Waals surface area contributed by atoms with Crippen LogP contribution in [0.5, 0.6) is 11.5 Å². The van der Waals surface area contributed by atoms with Crippen LogP contribution in [-0.2, 0) is 25.5 Å². The monoisotopic (exact) mass is 633 g/mol. The minimum atomic E-state index is -1.21. The Bertz CT molecular complexity index is 1500. The number of carbonyl (C=O) groups excluding carboxylic acids is 3. The van der Waals surface area contributed by atoms with E-state index >= 15 is 0 Å². The minimum absolute atomic E-state index is 0.0184. The van der Waals surface area contributed by atoms with Crippen molar-refractivity contribution in [3.05, 3.63) is 60.2 Å². The van der Waals surface area contributed by atoms with E-state index in [0.717, 1.165) is 29.7 Å². The molecule has 2 aromatic rings. The third-order valence-corrected chi connectivity index (χ3v) is 11.1. The second-order valence-corrected chi connectivity index (χ2v) is 13.7. The summed E-state index contributed by atoms with van der Waals surface area (Å²) in [4.78, 5) is 45.3. The number of ether oxygens (including phenoxy) is 3. The highest BCUT2D eigenvalue weighted by molar-refractivity contribution is 7.98. The zero-order valence-electron chi connectivity index (χ0n) is 26.6. The van der Waals surface area contributed by atoms with Crippen LogP contribution in [0.1, 0.15) is 38.7 Å². The van der Waals surface area contributed by atoms with Gasteiger partial charge in [0.2, 0.25) is 17.7 Å². The van der Waals surface area contributed by atoms with Gasteiger partial charge in [-0.1, -0.05) is 51.0 Å². The Morgan fingerprint density at radius 2 is 1.87 bits per heavy atom. The Kier molecular flexibility index (Phi) is 8.89. The lowest BCUT2D eigenvalue weighted by Gasteiger charge is -2.38. The molecule has 2 N–H and O–H groups in total. The van der Waals surface area contributed by atoms with Crippen molar-refractivity contribution in [1.29, 1.82) is 0 Å². The molecule has 3 heterocycles. The number of rotatable bonds is 10.